The third-order valence-corrected chi connectivity index (χ3v) is 4.50. The maximum Gasteiger partial charge on any atom is 0.153 e. The Hall–Kier alpha value is 0.260. The minimum atomic E-state index is -2.66. The average Bonchev–Trinajstić information content (AvgIpc) is 1.83. The number of nitrogens with one attached hydrogen (secondary N) is 1. The van der Waals surface area contributed by atoms with Gasteiger partial charge in [0, 0.05) is 17.8 Å². The zero-order valence-electron chi connectivity index (χ0n) is 7.41. The summed E-state index contributed by atoms with van der Waals surface area (Å²) in [6.45, 7) is 2.08. The van der Waals surface area contributed by atoms with Gasteiger partial charge in [0.1, 0.15) is 0 Å². The molecule has 0 amide bonds. The summed E-state index contributed by atoms with van der Waals surface area (Å²) in [5.74, 6) is 1.69. The van der Waals surface area contributed by atoms with Gasteiger partial charge in [-0.25, -0.2) is 8.42 Å². The topological polar surface area (TPSA) is 46.2 Å². The molecule has 5 heteroatoms. The van der Waals surface area contributed by atoms with Crippen LogP contribution in [0.4, 0.5) is 0 Å². The first-order chi connectivity index (χ1) is 5.53. The normalized spacial score (nSPS) is 24.8. The molecule has 0 aromatic rings. The van der Waals surface area contributed by atoms with Crippen LogP contribution in [0.15, 0.2) is 0 Å². The van der Waals surface area contributed by atoms with Crippen molar-refractivity contribution in [3.63, 3.8) is 0 Å². The first kappa shape index (κ1) is 10.3. The van der Waals surface area contributed by atoms with Gasteiger partial charge in [0.15, 0.2) is 9.84 Å². The van der Waals surface area contributed by atoms with Crippen LogP contribution < -0.4 is 5.32 Å². The molecule has 1 heterocycles. The highest BCUT2D eigenvalue weighted by atomic mass is 32.2. The predicted molar refractivity (Wildman–Crippen MR) is 53.4 cm³/mol. The predicted octanol–water partition coefficient (Wildman–Crippen LogP) is 0.125. The molecule has 12 heavy (non-hydrogen) atoms. The first-order valence-corrected chi connectivity index (χ1v) is 7.20. The van der Waals surface area contributed by atoms with Crippen LogP contribution in [0, 0.1) is 0 Å². The van der Waals surface area contributed by atoms with Gasteiger partial charge in [-0.15, -0.1) is 0 Å². The molecule has 72 valence electrons. The molecule has 0 aromatic carbocycles. The van der Waals surface area contributed by atoms with E-state index in [9.17, 15) is 8.42 Å². The van der Waals surface area contributed by atoms with Crippen molar-refractivity contribution in [2.75, 3.05) is 23.5 Å². The fraction of sp³-hybridized carbons (Fsp3) is 1.00. The molecular weight excluding hydrogens is 194 g/mol. The molecule has 0 saturated carbocycles. The molecule has 0 aliphatic carbocycles. The van der Waals surface area contributed by atoms with Crippen LogP contribution in [0.3, 0.4) is 0 Å². The van der Waals surface area contributed by atoms with Crippen molar-refractivity contribution in [1.82, 2.24) is 5.32 Å². The van der Waals surface area contributed by atoms with E-state index in [1.165, 1.54) is 0 Å². The molecule has 1 N–H and O–H groups in total. The van der Waals surface area contributed by atoms with E-state index in [2.05, 4.69) is 18.5 Å². The zero-order chi connectivity index (χ0) is 9.19. The second-order valence-corrected chi connectivity index (χ2v) is 6.36. The summed E-state index contributed by atoms with van der Waals surface area (Å²) in [6.07, 6.45) is 2.05. The van der Waals surface area contributed by atoms with Gasteiger partial charge in [0.2, 0.25) is 0 Å². The summed E-state index contributed by atoms with van der Waals surface area (Å²) in [4.78, 5) is 0. The summed E-state index contributed by atoms with van der Waals surface area (Å²) >= 11 is 1.77. The fourth-order valence-corrected chi connectivity index (χ4v) is 3.28. The molecule has 1 aliphatic rings. The van der Waals surface area contributed by atoms with Crippen molar-refractivity contribution in [2.24, 2.45) is 0 Å². The summed E-state index contributed by atoms with van der Waals surface area (Å²) < 4.78 is 21.6. The SMILES string of the molecule is CSCC(C)NC1CS(=O)(=O)C1. The van der Waals surface area contributed by atoms with Crippen molar-refractivity contribution in [3.8, 4) is 0 Å². The highest BCUT2D eigenvalue weighted by Crippen LogP contribution is 2.11. The van der Waals surface area contributed by atoms with E-state index in [0.29, 0.717) is 17.5 Å². The summed E-state index contributed by atoms with van der Waals surface area (Å²) in [5.41, 5.74) is 0. The Bertz CT molecular complexity index is 226. The molecular formula is C7H15NO2S2. The van der Waals surface area contributed by atoms with E-state index in [-0.39, 0.29) is 6.04 Å². The van der Waals surface area contributed by atoms with Crippen molar-refractivity contribution in [3.05, 3.63) is 0 Å². The van der Waals surface area contributed by atoms with Crippen LogP contribution >= 0.6 is 11.8 Å². The molecule has 1 fully saturated rings. The van der Waals surface area contributed by atoms with Crippen LogP contribution in [0.5, 0.6) is 0 Å². The number of rotatable bonds is 4. The third-order valence-electron chi connectivity index (χ3n) is 1.85. The van der Waals surface area contributed by atoms with Gasteiger partial charge in [-0.05, 0) is 13.2 Å². The fourth-order valence-electron chi connectivity index (χ4n) is 1.36. The van der Waals surface area contributed by atoms with Gasteiger partial charge in [0.25, 0.3) is 0 Å². The monoisotopic (exact) mass is 209 g/mol. The van der Waals surface area contributed by atoms with Crippen molar-refractivity contribution in [2.45, 2.75) is 19.0 Å². The lowest BCUT2D eigenvalue weighted by atomic mass is 10.3. The minimum Gasteiger partial charge on any atom is -0.309 e. The number of hydrogen-bond donors (Lipinski definition) is 1. The minimum absolute atomic E-state index is 0.206. The molecule has 1 atom stereocenters. The van der Waals surface area contributed by atoms with Crippen molar-refractivity contribution < 1.29 is 8.42 Å². The Morgan fingerprint density at radius 3 is 2.58 bits per heavy atom. The van der Waals surface area contributed by atoms with E-state index in [4.69, 9.17) is 0 Å². The maximum atomic E-state index is 10.8. The van der Waals surface area contributed by atoms with E-state index < -0.39 is 9.84 Å². The maximum absolute atomic E-state index is 10.8. The highest BCUT2D eigenvalue weighted by Gasteiger charge is 2.33. The van der Waals surface area contributed by atoms with Gasteiger partial charge in [-0.3, -0.25) is 0 Å². The standard InChI is InChI=1S/C7H15NO2S2/c1-6(3-11-2)8-7-4-12(9,10)5-7/h6-8H,3-5H2,1-2H3. The van der Waals surface area contributed by atoms with Crippen LogP contribution in [0.2, 0.25) is 0 Å². The van der Waals surface area contributed by atoms with Crippen molar-refractivity contribution >= 4 is 21.6 Å². The van der Waals surface area contributed by atoms with E-state index in [1.807, 2.05) is 0 Å². The van der Waals surface area contributed by atoms with Gasteiger partial charge in [-0.2, -0.15) is 11.8 Å². The Balaban J connectivity index is 2.18. The lowest BCUT2D eigenvalue weighted by molar-refractivity contribution is 0.479. The molecule has 0 bridgehead atoms. The molecule has 1 aliphatic heterocycles. The van der Waals surface area contributed by atoms with Crippen LogP contribution in [0.25, 0.3) is 0 Å². The lowest BCUT2D eigenvalue weighted by Crippen LogP contribution is -2.54. The van der Waals surface area contributed by atoms with E-state index >= 15 is 0 Å². The highest BCUT2D eigenvalue weighted by molar-refractivity contribution is 7.98. The average molecular weight is 209 g/mol. The molecule has 0 aromatic heterocycles. The summed E-state index contributed by atoms with van der Waals surface area (Å²) in [6, 6.07) is 0.623. The third kappa shape index (κ3) is 2.95. The van der Waals surface area contributed by atoms with E-state index in [0.717, 1.165) is 5.75 Å². The number of hydrogen-bond acceptors (Lipinski definition) is 4. The summed E-state index contributed by atoms with van der Waals surface area (Å²) in [7, 11) is -2.66. The smallest absolute Gasteiger partial charge is 0.153 e. The first-order valence-electron chi connectivity index (χ1n) is 3.99. The molecule has 0 radical (unpaired) electrons. The van der Waals surface area contributed by atoms with Crippen LogP contribution in [-0.2, 0) is 9.84 Å². The molecule has 1 rings (SSSR count). The lowest BCUT2D eigenvalue weighted by Gasteiger charge is -2.29. The number of sulfone groups is 1. The second-order valence-electron chi connectivity index (χ2n) is 3.30. The molecule has 1 saturated heterocycles. The molecule has 0 spiro atoms. The molecule has 3 nitrogen and oxygen atoms in total. The largest absolute Gasteiger partial charge is 0.309 e. The second kappa shape index (κ2) is 3.98. The van der Waals surface area contributed by atoms with Gasteiger partial charge in [-0.1, -0.05) is 0 Å². The Morgan fingerprint density at radius 1 is 1.58 bits per heavy atom. The van der Waals surface area contributed by atoms with Gasteiger partial charge < -0.3 is 5.32 Å². The number of thioether (sulfide) groups is 1. The molecule has 1 unspecified atom stereocenters. The zero-order valence-corrected chi connectivity index (χ0v) is 9.04. The Morgan fingerprint density at radius 2 is 2.17 bits per heavy atom. The van der Waals surface area contributed by atoms with Gasteiger partial charge >= 0.3 is 0 Å². The van der Waals surface area contributed by atoms with Gasteiger partial charge in [0.05, 0.1) is 11.5 Å². The Labute approximate surface area is 78.2 Å². The summed E-state index contributed by atoms with van der Waals surface area (Å²) in [5, 5.41) is 3.27. The van der Waals surface area contributed by atoms with Crippen LogP contribution in [-0.4, -0.2) is 44.0 Å². The van der Waals surface area contributed by atoms with Crippen molar-refractivity contribution in [1.29, 1.82) is 0 Å². The van der Waals surface area contributed by atoms with E-state index in [1.54, 1.807) is 11.8 Å². The van der Waals surface area contributed by atoms with Crippen LogP contribution in [0.1, 0.15) is 6.92 Å². The quantitative estimate of drug-likeness (QED) is 0.714. The Kier molecular flexibility index (Phi) is 3.43.